The van der Waals surface area contributed by atoms with E-state index in [4.69, 9.17) is 10.2 Å². The molecule has 0 rings (SSSR count). The minimum Gasteiger partial charge on any atom is -0.550 e. The SMILES string of the molecule is C[C@](O)(CCO)CC(=O)[O-].[Na+]. The Kier molecular flexibility index (Phi) is 7.57. The van der Waals surface area contributed by atoms with E-state index in [1.165, 1.54) is 6.92 Å². The zero-order valence-electron chi connectivity index (χ0n) is 6.83. The maximum Gasteiger partial charge on any atom is 1.00 e. The summed E-state index contributed by atoms with van der Waals surface area (Å²) in [6.45, 7) is 1.12. The van der Waals surface area contributed by atoms with Crippen molar-refractivity contribution in [1.82, 2.24) is 0 Å². The van der Waals surface area contributed by atoms with Gasteiger partial charge < -0.3 is 20.1 Å². The van der Waals surface area contributed by atoms with Crippen LogP contribution in [0, 0.1) is 0 Å². The quantitative estimate of drug-likeness (QED) is 0.415. The number of rotatable bonds is 4. The smallest absolute Gasteiger partial charge is 0.550 e. The van der Waals surface area contributed by atoms with Gasteiger partial charge in [0.15, 0.2) is 0 Å². The number of carboxylic acids is 1. The Labute approximate surface area is 87.5 Å². The fourth-order valence-electron chi connectivity index (χ4n) is 0.640. The number of hydrogen-bond acceptors (Lipinski definition) is 4. The average Bonchev–Trinajstić information content (AvgIpc) is 1.59. The van der Waals surface area contributed by atoms with Crippen LogP contribution >= 0.6 is 0 Å². The molecule has 0 bridgehead atoms. The summed E-state index contributed by atoms with van der Waals surface area (Å²) in [5, 5.41) is 27.4. The molecule has 0 aromatic heterocycles. The molecule has 60 valence electrons. The molecule has 1 atom stereocenters. The Morgan fingerprint density at radius 1 is 1.64 bits per heavy atom. The maximum absolute atomic E-state index is 9.94. The van der Waals surface area contributed by atoms with E-state index in [9.17, 15) is 9.90 Å². The van der Waals surface area contributed by atoms with Crippen LogP contribution in [0.5, 0.6) is 0 Å². The van der Waals surface area contributed by atoms with E-state index >= 15 is 0 Å². The first-order valence-electron chi connectivity index (χ1n) is 3.01. The third kappa shape index (κ3) is 8.29. The van der Waals surface area contributed by atoms with Gasteiger partial charge in [-0.05, 0) is 13.3 Å². The third-order valence-corrected chi connectivity index (χ3v) is 1.18. The number of aliphatic hydroxyl groups is 2. The van der Waals surface area contributed by atoms with E-state index in [2.05, 4.69) is 0 Å². The fourth-order valence-corrected chi connectivity index (χ4v) is 0.640. The maximum atomic E-state index is 9.94. The largest absolute Gasteiger partial charge is 1.00 e. The van der Waals surface area contributed by atoms with Crippen molar-refractivity contribution in [3.63, 3.8) is 0 Å². The molecule has 4 nitrogen and oxygen atoms in total. The zero-order chi connectivity index (χ0) is 8.20. The standard InChI is InChI=1S/C6H12O4.Na/c1-6(10,2-3-7)4-5(8)9;/h7,10H,2-4H2,1H3,(H,8,9);/q;+1/p-1/t6-;/m0./s1. The second kappa shape index (κ2) is 5.97. The van der Waals surface area contributed by atoms with Gasteiger partial charge in [0.05, 0.1) is 5.60 Å². The molecular weight excluding hydrogens is 159 g/mol. The second-order valence-corrected chi connectivity index (χ2v) is 2.52. The van der Waals surface area contributed by atoms with E-state index in [1.54, 1.807) is 0 Å². The summed E-state index contributed by atoms with van der Waals surface area (Å²) in [7, 11) is 0. The van der Waals surface area contributed by atoms with Gasteiger partial charge in [0, 0.05) is 19.0 Å². The van der Waals surface area contributed by atoms with Crippen molar-refractivity contribution in [3.05, 3.63) is 0 Å². The molecule has 0 saturated carbocycles. The molecule has 0 saturated heterocycles. The molecule has 0 fully saturated rings. The summed E-state index contributed by atoms with van der Waals surface area (Å²) in [6, 6.07) is 0. The summed E-state index contributed by atoms with van der Waals surface area (Å²) in [5.74, 6) is -1.31. The monoisotopic (exact) mass is 170 g/mol. The Morgan fingerprint density at radius 2 is 2.09 bits per heavy atom. The number of aliphatic hydroxyl groups excluding tert-OH is 1. The Morgan fingerprint density at radius 3 is 2.36 bits per heavy atom. The Hall–Kier alpha value is 0.390. The Balaban J connectivity index is 0. The summed E-state index contributed by atoms with van der Waals surface area (Å²) < 4.78 is 0. The molecule has 0 spiro atoms. The van der Waals surface area contributed by atoms with Crippen molar-refractivity contribution >= 4 is 5.97 Å². The molecule has 0 aliphatic rings. The van der Waals surface area contributed by atoms with Gasteiger partial charge in [-0.1, -0.05) is 0 Å². The van der Waals surface area contributed by atoms with Gasteiger partial charge in [0.1, 0.15) is 0 Å². The predicted molar refractivity (Wildman–Crippen MR) is 32.0 cm³/mol. The molecule has 2 N–H and O–H groups in total. The molecule has 0 aliphatic carbocycles. The fraction of sp³-hybridized carbons (Fsp3) is 0.833. The first kappa shape index (κ1) is 13.9. The number of carbonyl (C=O) groups is 1. The van der Waals surface area contributed by atoms with Crippen LogP contribution in [0.4, 0.5) is 0 Å². The van der Waals surface area contributed by atoms with Crippen LogP contribution in [-0.2, 0) is 4.79 Å². The van der Waals surface area contributed by atoms with Gasteiger partial charge in [-0.25, -0.2) is 0 Å². The van der Waals surface area contributed by atoms with Crippen LogP contribution in [-0.4, -0.2) is 28.4 Å². The summed E-state index contributed by atoms with van der Waals surface area (Å²) >= 11 is 0. The van der Waals surface area contributed by atoms with Crippen molar-refractivity contribution in [2.75, 3.05) is 6.61 Å². The van der Waals surface area contributed by atoms with Gasteiger partial charge in [-0.15, -0.1) is 0 Å². The van der Waals surface area contributed by atoms with Crippen LogP contribution in [0.1, 0.15) is 19.8 Å². The molecular formula is C6H11NaO4. The zero-order valence-corrected chi connectivity index (χ0v) is 8.83. The minimum atomic E-state index is -1.34. The van der Waals surface area contributed by atoms with Crippen molar-refractivity contribution in [2.45, 2.75) is 25.4 Å². The van der Waals surface area contributed by atoms with Gasteiger partial charge in [0.25, 0.3) is 0 Å². The Bertz CT molecular complexity index is 124. The van der Waals surface area contributed by atoms with E-state index in [1.807, 2.05) is 0 Å². The molecule has 0 aliphatic heterocycles. The van der Waals surface area contributed by atoms with E-state index in [-0.39, 0.29) is 42.6 Å². The molecule has 5 heteroatoms. The number of aliphatic carboxylic acids is 1. The van der Waals surface area contributed by atoms with Crippen LogP contribution in [0.2, 0.25) is 0 Å². The van der Waals surface area contributed by atoms with Gasteiger partial charge in [-0.2, -0.15) is 0 Å². The molecule has 0 aromatic rings. The van der Waals surface area contributed by atoms with E-state index in [0.29, 0.717) is 0 Å². The van der Waals surface area contributed by atoms with Crippen molar-refractivity contribution in [1.29, 1.82) is 0 Å². The van der Waals surface area contributed by atoms with Crippen LogP contribution in [0.3, 0.4) is 0 Å². The topological polar surface area (TPSA) is 80.6 Å². The van der Waals surface area contributed by atoms with Gasteiger partial charge in [0.2, 0.25) is 0 Å². The van der Waals surface area contributed by atoms with Crippen molar-refractivity contribution in [3.8, 4) is 0 Å². The minimum absolute atomic E-state index is 0. The number of hydrogen-bond donors (Lipinski definition) is 2. The summed E-state index contributed by atoms with van der Waals surface area (Å²) in [6.07, 6.45) is -0.380. The molecule has 0 heterocycles. The molecule has 11 heavy (non-hydrogen) atoms. The number of carbonyl (C=O) groups excluding carboxylic acids is 1. The van der Waals surface area contributed by atoms with Crippen LogP contribution < -0.4 is 34.7 Å². The molecule has 0 aromatic carbocycles. The van der Waals surface area contributed by atoms with E-state index in [0.717, 1.165) is 0 Å². The summed E-state index contributed by atoms with van der Waals surface area (Å²) in [4.78, 5) is 9.94. The van der Waals surface area contributed by atoms with Crippen molar-refractivity contribution in [2.24, 2.45) is 0 Å². The predicted octanol–water partition coefficient (Wildman–Crippen LogP) is -4.74. The molecule has 0 amide bonds. The van der Waals surface area contributed by atoms with Crippen LogP contribution in [0.25, 0.3) is 0 Å². The number of carboxylic acid groups (broad SMARTS) is 1. The molecule has 0 radical (unpaired) electrons. The first-order chi connectivity index (χ1) is 4.48. The van der Waals surface area contributed by atoms with E-state index < -0.39 is 18.0 Å². The third-order valence-electron chi connectivity index (χ3n) is 1.18. The van der Waals surface area contributed by atoms with Crippen LogP contribution in [0.15, 0.2) is 0 Å². The second-order valence-electron chi connectivity index (χ2n) is 2.52. The van der Waals surface area contributed by atoms with Crippen molar-refractivity contribution < 1.29 is 49.7 Å². The van der Waals surface area contributed by atoms with Gasteiger partial charge >= 0.3 is 29.6 Å². The molecule has 0 unspecified atom stereocenters. The average molecular weight is 170 g/mol. The summed E-state index contributed by atoms with van der Waals surface area (Å²) in [5.41, 5.74) is -1.34. The van der Waals surface area contributed by atoms with Gasteiger partial charge in [-0.3, -0.25) is 0 Å². The normalized spacial score (nSPS) is 14.8. The first-order valence-corrected chi connectivity index (χ1v) is 3.01.